The molecule has 2 aromatic heterocycles. The van der Waals surface area contributed by atoms with Crippen molar-refractivity contribution in [2.24, 2.45) is 0 Å². The number of rotatable bonds is 2. The zero-order valence-corrected chi connectivity index (χ0v) is 12.7. The number of fused-ring (bicyclic) bond motifs is 1. The Morgan fingerprint density at radius 3 is 2.55 bits per heavy atom. The Morgan fingerprint density at radius 2 is 1.77 bits per heavy atom. The van der Waals surface area contributed by atoms with E-state index in [0.29, 0.717) is 0 Å². The lowest BCUT2D eigenvalue weighted by atomic mass is 10.1. The third-order valence-corrected chi connectivity index (χ3v) is 4.34. The Balaban J connectivity index is 1.83. The van der Waals surface area contributed by atoms with Crippen molar-refractivity contribution in [1.82, 2.24) is 19.9 Å². The molecule has 3 heterocycles. The van der Waals surface area contributed by atoms with E-state index < -0.39 is 0 Å². The van der Waals surface area contributed by atoms with E-state index in [-0.39, 0.29) is 0 Å². The van der Waals surface area contributed by atoms with Crippen molar-refractivity contribution in [3.63, 3.8) is 0 Å². The number of piperazine rings is 1. The Morgan fingerprint density at radius 1 is 1.00 bits per heavy atom. The van der Waals surface area contributed by atoms with Crippen LogP contribution < -0.4 is 4.90 Å². The summed E-state index contributed by atoms with van der Waals surface area (Å²) in [4.78, 5) is 17.0. The maximum absolute atomic E-state index is 4.59. The van der Waals surface area contributed by atoms with Crippen LogP contribution in [0.25, 0.3) is 22.2 Å². The van der Waals surface area contributed by atoms with Gasteiger partial charge in [-0.2, -0.15) is 0 Å². The van der Waals surface area contributed by atoms with Crippen LogP contribution >= 0.6 is 0 Å². The number of aromatic nitrogens is 3. The Hall–Kier alpha value is -2.40. The zero-order valence-electron chi connectivity index (χ0n) is 12.7. The van der Waals surface area contributed by atoms with Crippen molar-refractivity contribution in [3.05, 3.63) is 42.9 Å². The second kappa shape index (κ2) is 5.42. The molecule has 5 heteroatoms. The molecule has 5 nitrogen and oxygen atoms in total. The molecule has 0 amide bonds. The summed E-state index contributed by atoms with van der Waals surface area (Å²) in [5.74, 6) is 1.04. The minimum atomic E-state index is 0.905. The Kier molecular flexibility index (Phi) is 3.27. The largest absolute Gasteiger partial charge is 0.353 e. The average molecular weight is 293 g/mol. The molecule has 22 heavy (non-hydrogen) atoms. The van der Waals surface area contributed by atoms with Crippen LogP contribution in [-0.4, -0.2) is 53.1 Å². The first-order chi connectivity index (χ1) is 10.8. The van der Waals surface area contributed by atoms with Gasteiger partial charge >= 0.3 is 0 Å². The number of hydrogen-bond donors (Lipinski definition) is 1. The van der Waals surface area contributed by atoms with Crippen LogP contribution in [0.4, 0.5) is 5.82 Å². The predicted molar refractivity (Wildman–Crippen MR) is 89.0 cm³/mol. The van der Waals surface area contributed by atoms with Gasteiger partial charge in [-0.3, -0.25) is 0 Å². The molecule has 0 bridgehead atoms. The molecule has 1 aromatic carbocycles. The monoisotopic (exact) mass is 293 g/mol. The molecular formula is C17H19N5. The molecule has 1 aliphatic rings. The number of H-pyrrole nitrogens is 1. The fraction of sp³-hybridized carbons (Fsp3) is 0.294. The number of nitrogens with zero attached hydrogens (tertiary/aromatic N) is 4. The van der Waals surface area contributed by atoms with Crippen LogP contribution in [0, 0.1) is 0 Å². The number of anilines is 1. The molecule has 0 saturated carbocycles. The smallest absolute Gasteiger partial charge is 0.143 e. The molecule has 0 spiro atoms. The molecule has 0 atom stereocenters. The van der Waals surface area contributed by atoms with Crippen LogP contribution in [0.15, 0.2) is 42.9 Å². The van der Waals surface area contributed by atoms with Gasteiger partial charge in [-0.1, -0.05) is 30.3 Å². The summed E-state index contributed by atoms with van der Waals surface area (Å²) in [5.41, 5.74) is 3.27. The van der Waals surface area contributed by atoms with Gasteiger partial charge in [0.2, 0.25) is 0 Å². The minimum Gasteiger partial charge on any atom is -0.353 e. The maximum atomic E-state index is 4.59. The lowest BCUT2D eigenvalue weighted by molar-refractivity contribution is 0.312. The number of aromatic amines is 1. The lowest BCUT2D eigenvalue weighted by Crippen LogP contribution is -2.44. The van der Waals surface area contributed by atoms with Crippen molar-refractivity contribution in [3.8, 4) is 11.1 Å². The molecule has 112 valence electrons. The second-order valence-corrected chi connectivity index (χ2v) is 5.78. The van der Waals surface area contributed by atoms with Gasteiger partial charge in [0.15, 0.2) is 0 Å². The van der Waals surface area contributed by atoms with Crippen LogP contribution in [0.2, 0.25) is 0 Å². The lowest BCUT2D eigenvalue weighted by Gasteiger charge is -2.33. The fourth-order valence-corrected chi connectivity index (χ4v) is 3.05. The summed E-state index contributed by atoms with van der Waals surface area (Å²) in [7, 11) is 2.17. The number of hydrogen-bond acceptors (Lipinski definition) is 4. The highest BCUT2D eigenvalue weighted by atomic mass is 15.3. The molecule has 1 aliphatic heterocycles. The normalized spacial score (nSPS) is 16.3. The van der Waals surface area contributed by atoms with Gasteiger partial charge in [-0.25, -0.2) is 9.97 Å². The molecule has 0 aliphatic carbocycles. The van der Waals surface area contributed by atoms with E-state index in [0.717, 1.165) is 43.0 Å². The highest BCUT2D eigenvalue weighted by molar-refractivity contribution is 6.01. The van der Waals surface area contributed by atoms with Gasteiger partial charge in [0.05, 0.1) is 5.39 Å². The van der Waals surface area contributed by atoms with Crippen LogP contribution in [0.1, 0.15) is 0 Å². The summed E-state index contributed by atoms with van der Waals surface area (Å²) in [5, 5.41) is 1.12. The topological polar surface area (TPSA) is 48.1 Å². The van der Waals surface area contributed by atoms with Crippen molar-refractivity contribution < 1.29 is 0 Å². The predicted octanol–water partition coefficient (Wildman–Crippen LogP) is 2.38. The van der Waals surface area contributed by atoms with E-state index in [2.05, 4.69) is 56.1 Å². The fourth-order valence-electron chi connectivity index (χ4n) is 3.05. The average Bonchev–Trinajstić information content (AvgIpc) is 3.00. The maximum Gasteiger partial charge on any atom is 0.143 e. The van der Waals surface area contributed by atoms with Crippen LogP contribution in [0.5, 0.6) is 0 Å². The molecule has 1 saturated heterocycles. The zero-order chi connectivity index (χ0) is 14.9. The molecule has 3 aromatic rings. The molecule has 4 rings (SSSR count). The van der Waals surface area contributed by atoms with Crippen molar-refractivity contribution >= 4 is 16.9 Å². The van der Waals surface area contributed by atoms with Crippen molar-refractivity contribution in [1.29, 1.82) is 0 Å². The first-order valence-corrected chi connectivity index (χ1v) is 7.64. The third kappa shape index (κ3) is 2.23. The van der Waals surface area contributed by atoms with E-state index in [1.165, 1.54) is 11.1 Å². The third-order valence-electron chi connectivity index (χ3n) is 4.34. The van der Waals surface area contributed by atoms with Gasteiger partial charge < -0.3 is 14.8 Å². The molecule has 0 radical (unpaired) electrons. The molecule has 1 N–H and O–H groups in total. The Labute approximate surface area is 129 Å². The summed E-state index contributed by atoms with van der Waals surface area (Å²) in [6.45, 7) is 4.14. The Bertz CT molecular complexity index is 772. The highest BCUT2D eigenvalue weighted by Crippen LogP contribution is 2.33. The van der Waals surface area contributed by atoms with Crippen molar-refractivity contribution in [2.75, 3.05) is 38.1 Å². The first-order valence-electron chi connectivity index (χ1n) is 7.64. The van der Waals surface area contributed by atoms with E-state index in [4.69, 9.17) is 0 Å². The second-order valence-electron chi connectivity index (χ2n) is 5.78. The van der Waals surface area contributed by atoms with Gasteiger partial charge in [0.1, 0.15) is 17.8 Å². The summed E-state index contributed by atoms with van der Waals surface area (Å²) in [6, 6.07) is 10.4. The highest BCUT2D eigenvalue weighted by Gasteiger charge is 2.20. The van der Waals surface area contributed by atoms with E-state index in [9.17, 15) is 0 Å². The molecule has 1 fully saturated rings. The number of benzene rings is 1. The number of likely N-dealkylation sites (N-methyl/N-ethyl adjacent to an activating group) is 1. The SMILES string of the molecule is CN1CCN(c2ncnc3[nH]cc(-c4ccccc4)c23)CC1. The van der Waals surface area contributed by atoms with E-state index >= 15 is 0 Å². The van der Waals surface area contributed by atoms with Gasteiger partial charge in [0.25, 0.3) is 0 Å². The summed E-state index contributed by atoms with van der Waals surface area (Å²) in [6.07, 6.45) is 3.69. The quantitative estimate of drug-likeness (QED) is 0.788. The van der Waals surface area contributed by atoms with Gasteiger partial charge in [-0.15, -0.1) is 0 Å². The summed E-state index contributed by atoms with van der Waals surface area (Å²) < 4.78 is 0. The molecule has 0 unspecified atom stereocenters. The minimum absolute atomic E-state index is 0.905. The molecular weight excluding hydrogens is 274 g/mol. The standard InChI is InChI=1S/C17H19N5/c1-21-7-9-22(10-8-21)17-15-14(13-5-3-2-4-6-13)11-18-16(15)19-12-20-17/h2-6,11-12H,7-10H2,1H3,(H,18,19,20). The van der Waals surface area contributed by atoms with E-state index in [1.54, 1.807) is 6.33 Å². The van der Waals surface area contributed by atoms with Gasteiger partial charge in [0, 0.05) is 37.9 Å². The van der Waals surface area contributed by atoms with E-state index in [1.807, 2.05) is 12.3 Å². The first kappa shape index (κ1) is 13.3. The van der Waals surface area contributed by atoms with Crippen LogP contribution in [0.3, 0.4) is 0 Å². The van der Waals surface area contributed by atoms with Crippen molar-refractivity contribution in [2.45, 2.75) is 0 Å². The van der Waals surface area contributed by atoms with Gasteiger partial charge in [-0.05, 0) is 12.6 Å². The number of nitrogens with one attached hydrogen (secondary N) is 1. The summed E-state index contributed by atoms with van der Waals surface area (Å²) >= 11 is 0. The van der Waals surface area contributed by atoms with Crippen LogP contribution in [-0.2, 0) is 0 Å².